The molecule has 0 radical (unpaired) electrons. The summed E-state index contributed by atoms with van der Waals surface area (Å²) in [6.45, 7) is 8.08. The van der Waals surface area contributed by atoms with Crippen LogP contribution in [0, 0.1) is 5.92 Å². The van der Waals surface area contributed by atoms with Gasteiger partial charge in [-0.2, -0.15) is 5.10 Å². The van der Waals surface area contributed by atoms with Crippen molar-refractivity contribution in [2.24, 2.45) is 5.92 Å². The fraction of sp³-hybridized carbons (Fsp3) is 0.800. The molecule has 0 spiro atoms. The lowest BCUT2D eigenvalue weighted by molar-refractivity contribution is 0.198. The van der Waals surface area contributed by atoms with Crippen LogP contribution in [0.1, 0.15) is 45.2 Å². The molecule has 0 fully saturated rings. The van der Waals surface area contributed by atoms with Crippen molar-refractivity contribution in [3.63, 3.8) is 0 Å². The van der Waals surface area contributed by atoms with Gasteiger partial charge >= 0.3 is 0 Å². The Balaban J connectivity index is 2.41. The molecule has 0 aliphatic rings. The van der Waals surface area contributed by atoms with Gasteiger partial charge in [-0.1, -0.05) is 33.1 Å². The van der Waals surface area contributed by atoms with E-state index in [0.717, 1.165) is 32.2 Å². The molecule has 0 amide bonds. The Kier molecular flexibility index (Phi) is 8.50. The Labute approximate surface area is 117 Å². The first-order valence-corrected chi connectivity index (χ1v) is 7.52. The Bertz CT molecular complexity index is 325. The molecule has 0 saturated heterocycles. The molecule has 1 heterocycles. The lowest BCUT2D eigenvalue weighted by Gasteiger charge is -2.16. The van der Waals surface area contributed by atoms with Gasteiger partial charge < -0.3 is 10.1 Å². The molecule has 0 aliphatic carbocycles. The van der Waals surface area contributed by atoms with Gasteiger partial charge in [0.05, 0.1) is 12.3 Å². The molecule has 1 aromatic heterocycles. The monoisotopic (exact) mass is 267 g/mol. The molecule has 110 valence electrons. The number of rotatable bonds is 11. The second-order valence-corrected chi connectivity index (χ2v) is 5.09. The third-order valence-corrected chi connectivity index (χ3v) is 3.57. The normalized spacial score (nSPS) is 12.8. The second-order valence-electron chi connectivity index (χ2n) is 5.09. The summed E-state index contributed by atoms with van der Waals surface area (Å²) in [5.74, 6) is 0.748. The molecule has 0 bridgehead atoms. The van der Waals surface area contributed by atoms with Crippen molar-refractivity contribution >= 4 is 0 Å². The average Bonchev–Trinajstić information content (AvgIpc) is 2.87. The van der Waals surface area contributed by atoms with Crippen molar-refractivity contribution in [2.45, 2.75) is 52.6 Å². The number of hydrogen-bond acceptors (Lipinski definition) is 3. The molecule has 1 N–H and O–H groups in total. The van der Waals surface area contributed by atoms with Gasteiger partial charge in [-0.05, 0) is 18.4 Å². The van der Waals surface area contributed by atoms with Crippen LogP contribution in [0.5, 0.6) is 0 Å². The number of aromatic nitrogens is 2. The van der Waals surface area contributed by atoms with Gasteiger partial charge in [0.25, 0.3) is 0 Å². The Morgan fingerprint density at radius 1 is 1.42 bits per heavy atom. The summed E-state index contributed by atoms with van der Waals surface area (Å²) in [5.41, 5.74) is 1.27. The largest absolute Gasteiger partial charge is 0.383 e. The summed E-state index contributed by atoms with van der Waals surface area (Å²) in [5, 5.41) is 7.83. The van der Waals surface area contributed by atoms with Crippen LogP contribution in [0.2, 0.25) is 0 Å². The van der Waals surface area contributed by atoms with Gasteiger partial charge in [-0.3, -0.25) is 4.68 Å². The molecular weight excluding hydrogens is 238 g/mol. The van der Waals surface area contributed by atoms with Crippen LogP contribution in [-0.2, 0) is 17.8 Å². The highest BCUT2D eigenvalue weighted by atomic mass is 16.5. The zero-order chi connectivity index (χ0) is 13.9. The highest BCUT2D eigenvalue weighted by Gasteiger charge is 2.10. The van der Waals surface area contributed by atoms with Crippen molar-refractivity contribution in [3.05, 3.63) is 18.0 Å². The maximum atomic E-state index is 5.03. The number of nitrogens with one attached hydrogen (secondary N) is 1. The minimum Gasteiger partial charge on any atom is -0.383 e. The van der Waals surface area contributed by atoms with E-state index in [1.165, 1.54) is 31.4 Å². The first-order chi connectivity index (χ1) is 9.31. The Hall–Kier alpha value is -0.870. The third-order valence-electron chi connectivity index (χ3n) is 3.57. The second kappa shape index (κ2) is 9.98. The van der Waals surface area contributed by atoms with Crippen molar-refractivity contribution in [1.29, 1.82) is 0 Å². The fourth-order valence-electron chi connectivity index (χ4n) is 2.23. The first-order valence-electron chi connectivity index (χ1n) is 7.52. The Morgan fingerprint density at radius 3 is 2.95 bits per heavy atom. The predicted octanol–water partition coefficient (Wildman–Crippen LogP) is 2.84. The zero-order valence-corrected chi connectivity index (χ0v) is 12.7. The first kappa shape index (κ1) is 16.2. The highest BCUT2D eigenvalue weighted by Crippen LogP contribution is 2.15. The lowest BCUT2D eigenvalue weighted by atomic mass is 9.99. The van der Waals surface area contributed by atoms with E-state index >= 15 is 0 Å². The van der Waals surface area contributed by atoms with Gasteiger partial charge in [0.2, 0.25) is 0 Å². The quantitative estimate of drug-likeness (QED) is 0.627. The van der Waals surface area contributed by atoms with Gasteiger partial charge in [0.15, 0.2) is 0 Å². The topological polar surface area (TPSA) is 39.1 Å². The summed E-state index contributed by atoms with van der Waals surface area (Å²) in [4.78, 5) is 0. The molecule has 1 aromatic rings. The minimum atomic E-state index is 0.748. The molecule has 1 rings (SSSR count). The SMILES string of the molecule is CCCCC(CC)Cn1nccc1CNCCOC. The molecule has 1 unspecified atom stereocenters. The third kappa shape index (κ3) is 6.21. The van der Waals surface area contributed by atoms with E-state index in [1.54, 1.807) is 7.11 Å². The van der Waals surface area contributed by atoms with Crippen LogP contribution in [-0.4, -0.2) is 30.0 Å². The predicted molar refractivity (Wildman–Crippen MR) is 79.1 cm³/mol. The van der Waals surface area contributed by atoms with Crippen LogP contribution < -0.4 is 5.32 Å². The summed E-state index contributed by atoms with van der Waals surface area (Å²) >= 11 is 0. The van der Waals surface area contributed by atoms with Gasteiger partial charge in [-0.15, -0.1) is 0 Å². The molecule has 4 heteroatoms. The standard InChI is InChI=1S/C15H29N3O/c1-4-6-7-14(5-2)13-18-15(8-9-17-18)12-16-10-11-19-3/h8-9,14,16H,4-7,10-13H2,1-3H3. The fourth-order valence-corrected chi connectivity index (χ4v) is 2.23. The van der Waals surface area contributed by atoms with E-state index < -0.39 is 0 Å². The molecule has 4 nitrogen and oxygen atoms in total. The number of methoxy groups -OCH3 is 1. The summed E-state index contributed by atoms with van der Waals surface area (Å²) in [7, 11) is 1.73. The van der Waals surface area contributed by atoms with Crippen molar-refractivity contribution in [1.82, 2.24) is 15.1 Å². The average molecular weight is 267 g/mol. The van der Waals surface area contributed by atoms with Crippen LogP contribution in [0.15, 0.2) is 12.3 Å². The van der Waals surface area contributed by atoms with Gasteiger partial charge in [0.1, 0.15) is 0 Å². The molecule has 0 aliphatic heterocycles. The number of hydrogen-bond donors (Lipinski definition) is 1. The molecule has 19 heavy (non-hydrogen) atoms. The molecular formula is C15H29N3O. The highest BCUT2D eigenvalue weighted by molar-refractivity contribution is 5.00. The van der Waals surface area contributed by atoms with Crippen LogP contribution in [0.25, 0.3) is 0 Å². The summed E-state index contributed by atoms with van der Waals surface area (Å²) in [6, 6.07) is 2.10. The minimum absolute atomic E-state index is 0.748. The molecule has 1 atom stereocenters. The van der Waals surface area contributed by atoms with Gasteiger partial charge in [0, 0.05) is 32.9 Å². The zero-order valence-electron chi connectivity index (χ0n) is 12.7. The van der Waals surface area contributed by atoms with Gasteiger partial charge in [-0.25, -0.2) is 0 Å². The number of nitrogens with zero attached hydrogens (tertiary/aromatic N) is 2. The van der Waals surface area contributed by atoms with Crippen LogP contribution >= 0.6 is 0 Å². The molecule has 0 aromatic carbocycles. The maximum Gasteiger partial charge on any atom is 0.0587 e. The molecule has 0 saturated carbocycles. The summed E-state index contributed by atoms with van der Waals surface area (Å²) < 4.78 is 7.19. The van der Waals surface area contributed by atoms with E-state index in [9.17, 15) is 0 Å². The number of unbranched alkanes of at least 4 members (excludes halogenated alkanes) is 1. The van der Waals surface area contributed by atoms with E-state index in [2.05, 4.69) is 35.0 Å². The summed E-state index contributed by atoms with van der Waals surface area (Å²) in [6.07, 6.45) is 7.04. The number of ether oxygens (including phenoxy) is 1. The van der Waals surface area contributed by atoms with E-state index in [4.69, 9.17) is 4.74 Å². The van der Waals surface area contributed by atoms with Crippen molar-refractivity contribution in [3.8, 4) is 0 Å². The van der Waals surface area contributed by atoms with Crippen molar-refractivity contribution in [2.75, 3.05) is 20.3 Å². The van der Waals surface area contributed by atoms with Crippen LogP contribution in [0.4, 0.5) is 0 Å². The Morgan fingerprint density at radius 2 is 2.26 bits per heavy atom. The van der Waals surface area contributed by atoms with E-state index in [1.807, 2.05) is 6.20 Å². The lowest BCUT2D eigenvalue weighted by Crippen LogP contribution is -2.22. The smallest absolute Gasteiger partial charge is 0.0587 e. The maximum absolute atomic E-state index is 5.03. The van der Waals surface area contributed by atoms with E-state index in [0.29, 0.717) is 0 Å². The van der Waals surface area contributed by atoms with Crippen LogP contribution in [0.3, 0.4) is 0 Å². The van der Waals surface area contributed by atoms with E-state index in [-0.39, 0.29) is 0 Å². The van der Waals surface area contributed by atoms with Crippen molar-refractivity contribution < 1.29 is 4.74 Å².